The number of carbonyl (C=O) groups is 1. The van der Waals surface area contributed by atoms with E-state index in [1.165, 1.54) is 0 Å². The van der Waals surface area contributed by atoms with E-state index in [2.05, 4.69) is 25.9 Å². The van der Waals surface area contributed by atoms with Crippen LogP contribution in [0.3, 0.4) is 0 Å². The summed E-state index contributed by atoms with van der Waals surface area (Å²) in [5.74, 6) is 1.50. The van der Waals surface area contributed by atoms with Crippen LogP contribution in [0.4, 0.5) is 11.8 Å². The lowest BCUT2D eigenvalue weighted by atomic mass is 10.2. The summed E-state index contributed by atoms with van der Waals surface area (Å²) in [7, 11) is 1.80. The summed E-state index contributed by atoms with van der Waals surface area (Å²) in [6.45, 7) is 0.676. The second kappa shape index (κ2) is 5.32. The van der Waals surface area contributed by atoms with Gasteiger partial charge < -0.3 is 16.0 Å². The van der Waals surface area contributed by atoms with Crippen LogP contribution in [0.1, 0.15) is 12.8 Å². The predicted molar refractivity (Wildman–Crippen MR) is 78.7 cm³/mol. The van der Waals surface area contributed by atoms with Gasteiger partial charge in [0.15, 0.2) is 0 Å². The highest BCUT2D eigenvalue weighted by Gasteiger charge is 2.20. The number of aromatic nitrogens is 2. The van der Waals surface area contributed by atoms with E-state index in [0.29, 0.717) is 18.9 Å². The number of carbonyl (C=O) groups excluding carboxylic acids is 1. The normalized spacial score (nSPS) is 18.1. The number of rotatable bonds is 4. The first-order valence-electron chi connectivity index (χ1n) is 6.74. The van der Waals surface area contributed by atoms with Crippen molar-refractivity contribution in [3.63, 3.8) is 0 Å². The van der Waals surface area contributed by atoms with Gasteiger partial charge in [0.25, 0.3) is 0 Å². The second-order valence-corrected chi connectivity index (χ2v) is 4.85. The minimum Gasteiger partial charge on any atom is -0.367 e. The number of fused-ring (bicyclic) bond motifs is 1. The third-order valence-electron chi connectivity index (χ3n) is 3.43. The number of anilines is 2. The number of para-hydroxylation sites is 1. The van der Waals surface area contributed by atoms with Crippen molar-refractivity contribution in [1.82, 2.24) is 15.3 Å². The minimum absolute atomic E-state index is 0.125. The van der Waals surface area contributed by atoms with Crippen molar-refractivity contribution in [2.45, 2.75) is 18.9 Å². The number of hydrogen-bond acceptors (Lipinski definition) is 5. The first-order valence-corrected chi connectivity index (χ1v) is 6.74. The van der Waals surface area contributed by atoms with Crippen LogP contribution in [0.5, 0.6) is 0 Å². The fraction of sp³-hybridized carbons (Fsp3) is 0.357. The molecule has 0 bridgehead atoms. The number of benzene rings is 1. The average molecular weight is 271 g/mol. The Morgan fingerprint density at radius 3 is 2.95 bits per heavy atom. The molecule has 1 unspecified atom stereocenters. The van der Waals surface area contributed by atoms with Gasteiger partial charge in [0.05, 0.1) is 5.52 Å². The SMILES string of the molecule is CNc1nc(NCC2CCC(=O)N2)c2ccccc2n1. The summed E-state index contributed by atoms with van der Waals surface area (Å²) in [5.41, 5.74) is 0.893. The van der Waals surface area contributed by atoms with Gasteiger partial charge >= 0.3 is 0 Å². The number of nitrogens with zero attached hydrogens (tertiary/aromatic N) is 2. The second-order valence-electron chi connectivity index (χ2n) is 4.85. The molecule has 1 atom stereocenters. The van der Waals surface area contributed by atoms with Crippen molar-refractivity contribution >= 4 is 28.6 Å². The van der Waals surface area contributed by atoms with Gasteiger partial charge in [0.2, 0.25) is 11.9 Å². The van der Waals surface area contributed by atoms with Crippen LogP contribution in [0.15, 0.2) is 24.3 Å². The maximum Gasteiger partial charge on any atom is 0.224 e. The molecule has 0 aliphatic carbocycles. The summed E-state index contributed by atoms with van der Waals surface area (Å²) < 4.78 is 0. The molecule has 1 fully saturated rings. The Labute approximate surface area is 117 Å². The minimum atomic E-state index is 0.125. The smallest absolute Gasteiger partial charge is 0.224 e. The van der Waals surface area contributed by atoms with Gasteiger partial charge in [0.1, 0.15) is 5.82 Å². The van der Waals surface area contributed by atoms with Crippen molar-refractivity contribution in [3.05, 3.63) is 24.3 Å². The van der Waals surface area contributed by atoms with E-state index < -0.39 is 0 Å². The van der Waals surface area contributed by atoms with E-state index in [-0.39, 0.29) is 11.9 Å². The molecule has 20 heavy (non-hydrogen) atoms. The topological polar surface area (TPSA) is 78.9 Å². The van der Waals surface area contributed by atoms with Crippen molar-refractivity contribution in [2.75, 3.05) is 24.2 Å². The third kappa shape index (κ3) is 2.49. The lowest BCUT2D eigenvalue weighted by Gasteiger charge is -2.14. The maximum absolute atomic E-state index is 11.2. The van der Waals surface area contributed by atoms with Crippen molar-refractivity contribution in [1.29, 1.82) is 0 Å². The molecule has 2 heterocycles. The molecule has 0 radical (unpaired) electrons. The first kappa shape index (κ1) is 12.7. The average Bonchev–Trinajstić information content (AvgIpc) is 2.90. The Bertz CT molecular complexity index is 642. The zero-order valence-electron chi connectivity index (χ0n) is 11.3. The van der Waals surface area contributed by atoms with E-state index in [1.807, 2.05) is 24.3 Å². The molecule has 2 aromatic rings. The van der Waals surface area contributed by atoms with Crippen LogP contribution >= 0.6 is 0 Å². The van der Waals surface area contributed by atoms with E-state index in [9.17, 15) is 4.79 Å². The number of nitrogens with one attached hydrogen (secondary N) is 3. The van der Waals surface area contributed by atoms with Crippen molar-refractivity contribution in [3.8, 4) is 0 Å². The van der Waals surface area contributed by atoms with Gasteiger partial charge in [-0.2, -0.15) is 4.98 Å². The predicted octanol–water partition coefficient (Wildman–Crippen LogP) is 1.36. The first-order chi connectivity index (χ1) is 9.76. The Hall–Kier alpha value is -2.37. The molecule has 1 aliphatic heterocycles. The van der Waals surface area contributed by atoms with Crippen LogP contribution in [-0.4, -0.2) is 35.5 Å². The lowest BCUT2D eigenvalue weighted by molar-refractivity contribution is -0.119. The summed E-state index contributed by atoms with van der Waals surface area (Å²) in [5, 5.41) is 10.2. The van der Waals surface area contributed by atoms with Crippen molar-refractivity contribution in [2.24, 2.45) is 0 Å². The molecular formula is C14H17N5O. The molecule has 1 saturated heterocycles. The van der Waals surface area contributed by atoms with Gasteiger partial charge in [-0.1, -0.05) is 12.1 Å². The third-order valence-corrected chi connectivity index (χ3v) is 3.43. The fourth-order valence-electron chi connectivity index (χ4n) is 2.37. The molecule has 3 rings (SSSR count). The molecule has 0 saturated carbocycles. The molecule has 1 aromatic carbocycles. The van der Waals surface area contributed by atoms with Crippen LogP contribution in [-0.2, 0) is 4.79 Å². The van der Waals surface area contributed by atoms with Gasteiger partial charge in [0, 0.05) is 31.4 Å². The highest BCUT2D eigenvalue weighted by atomic mass is 16.1. The van der Waals surface area contributed by atoms with Crippen molar-refractivity contribution < 1.29 is 4.79 Å². The Kier molecular flexibility index (Phi) is 3.37. The highest BCUT2D eigenvalue weighted by molar-refractivity contribution is 5.90. The summed E-state index contributed by atoms with van der Waals surface area (Å²) in [6.07, 6.45) is 1.48. The maximum atomic E-state index is 11.2. The number of hydrogen-bond donors (Lipinski definition) is 3. The monoisotopic (exact) mass is 271 g/mol. The fourth-order valence-corrected chi connectivity index (χ4v) is 2.37. The van der Waals surface area contributed by atoms with Crippen LogP contribution in [0, 0.1) is 0 Å². The zero-order chi connectivity index (χ0) is 13.9. The molecule has 6 heteroatoms. The van der Waals surface area contributed by atoms with E-state index in [4.69, 9.17) is 0 Å². The lowest BCUT2D eigenvalue weighted by Crippen LogP contribution is -2.32. The highest BCUT2D eigenvalue weighted by Crippen LogP contribution is 2.22. The standard InChI is InChI=1S/C14H17N5O/c1-15-14-18-11-5-3-2-4-10(11)13(19-14)16-8-9-6-7-12(20)17-9/h2-5,9H,6-8H2,1H3,(H,17,20)(H2,15,16,18,19). The molecule has 104 valence electrons. The number of amides is 1. The molecule has 1 aliphatic rings. The summed E-state index contributed by atoms with van der Waals surface area (Å²) in [6, 6.07) is 8.04. The van der Waals surface area contributed by atoms with Crippen LogP contribution in [0.2, 0.25) is 0 Å². The Balaban J connectivity index is 1.84. The van der Waals surface area contributed by atoms with E-state index >= 15 is 0 Å². The molecule has 3 N–H and O–H groups in total. The van der Waals surface area contributed by atoms with Gasteiger partial charge in [-0.05, 0) is 18.6 Å². The largest absolute Gasteiger partial charge is 0.367 e. The summed E-state index contributed by atoms with van der Waals surface area (Å²) >= 11 is 0. The molecule has 1 aromatic heterocycles. The molecule has 6 nitrogen and oxygen atoms in total. The van der Waals surface area contributed by atoms with Gasteiger partial charge in [-0.15, -0.1) is 0 Å². The molecular weight excluding hydrogens is 254 g/mol. The molecule has 1 amide bonds. The van der Waals surface area contributed by atoms with Crippen LogP contribution in [0.25, 0.3) is 10.9 Å². The molecule has 0 spiro atoms. The van der Waals surface area contributed by atoms with Crippen LogP contribution < -0.4 is 16.0 Å². The van der Waals surface area contributed by atoms with Gasteiger partial charge in [-0.3, -0.25) is 4.79 Å². The Morgan fingerprint density at radius 2 is 2.20 bits per heavy atom. The van der Waals surface area contributed by atoms with Gasteiger partial charge in [-0.25, -0.2) is 4.98 Å². The zero-order valence-corrected chi connectivity index (χ0v) is 11.3. The van der Waals surface area contributed by atoms with E-state index in [1.54, 1.807) is 7.05 Å². The summed E-state index contributed by atoms with van der Waals surface area (Å²) in [4.78, 5) is 20.1. The van der Waals surface area contributed by atoms with E-state index in [0.717, 1.165) is 23.1 Å². The Morgan fingerprint density at radius 1 is 1.35 bits per heavy atom. The quantitative estimate of drug-likeness (QED) is 0.782.